The van der Waals surface area contributed by atoms with Crippen LogP contribution >= 0.6 is 0 Å². The summed E-state index contributed by atoms with van der Waals surface area (Å²) in [6.07, 6.45) is -4.82. The minimum absolute atomic E-state index is 0.122. The number of nitrogens with one attached hydrogen (secondary N) is 2. The highest BCUT2D eigenvalue weighted by Gasteiger charge is 2.31. The molecule has 0 aliphatic heterocycles. The number of anilines is 1. The minimum Gasteiger partial charge on any atom is -0.406 e. The van der Waals surface area contributed by atoms with Gasteiger partial charge in [-0.2, -0.15) is 0 Å². The van der Waals surface area contributed by atoms with Crippen molar-refractivity contribution in [1.29, 1.82) is 0 Å². The summed E-state index contributed by atoms with van der Waals surface area (Å²) >= 11 is 0. The fourth-order valence-corrected chi connectivity index (χ4v) is 2.06. The van der Waals surface area contributed by atoms with Crippen molar-refractivity contribution in [3.63, 3.8) is 0 Å². The Morgan fingerprint density at radius 3 is 2.48 bits per heavy atom. The molecule has 2 aromatic rings. The Balaban J connectivity index is 1.91. The summed E-state index contributed by atoms with van der Waals surface area (Å²) in [6.45, 7) is 1.44. The molecule has 5 nitrogen and oxygen atoms in total. The number of halogens is 3. The Morgan fingerprint density at radius 1 is 1.08 bits per heavy atom. The molecular formula is C17H15F3N2O3. The van der Waals surface area contributed by atoms with Gasteiger partial charge in [0.05, 0.1) is 6.54 Å². The summed E-state index contributed by atoms with van der Waals surface area (Å²) in [6, 6.07) is 11.7. The van der Waals surface area contributed by atoms with E-state index >= 15 is 0 Å². The lowest BCUT2D eigenvalue weighted by Gasteiger charge is -2.11. The van der Waals surface area contributed by atoms with Crippen LogP contribution in [0.3, 0.4) is 0 Å². The molecule has 0 bridgehead atoms. The monoisotopic (exact) mass is 352 g/mol. The van der Waals surface area contributed by atoms with Crippen molar-refractivity contribution in [1.82, 2.24) is 5.32 Å². The van der Waals surface area contributed by atoms with Crippen molar-refractivity contribution in [2.24, 2.45) is 0 Å². The molecule has 0 unspecified atom stereocenters. The SMILES string of the molecule is Cc1ccccc1C(=O)NCC(=O)Nc1cccc(OC(F)(F)F)c1. The number of aryl methyl sites for hydroxylation is 1. The first-order valence-corrected chi connectivity index (χ1v) is 7.24. The highest BCUT2D eigenvalue weighted by molar-refractivity contribution is 6.00. The fraction of sp³-hybridized carbons (Fsp3) is 0.176. The third kappa shape index (κ3) is 5.83. The van der Waals surface area contributed by atoms with Gasteiger partial charge in [-0.15, -0.1) is 13.2 Å². The maximum atomic E-state index is 12.2. The molecule has 25 heavy (non-hydrogen) atoms. The first kappa shape index (κ1) is 18.3. The third-order valence-electron chi connectivity index (χ3n) is 3.15. The maximum Gasteiger partial charge on any atom is 0.573 e. The van der Waals surface area contributed by atoms with Crippen molar-refractivity contribution < 1.29 is 27.5 Å². The largest absolute Gasteiger partial charge is 0.573 e. The van der Waals surface area contributed by atoms with Gasteiger partial charge in [-0.3, -0.25) is 9.59 Å². The van der Waals surface area contributed by atoms with E-state index in [4.69, 9.17) is 0 Å². The van der Waals surface area contributed by atoms with Crippen molar-refractivity contribution >= 4 is 17.5 Å². The maximum absolute atomic E-state index is 12.2. The molecule has 2 amide bonds. The first-order chi connectivity index (χ1) is 11.7. The number of hydrogen-bond donors (Lipinski definition) is 2. The van der Waals surface area contributed by atoms with E-state index in [2.05, 4.69) is 15.4 Å². The quantitative estimate of drug-likeness (QED) is 0.868. The van der Waals surface area contributed by atoms with Crippen LogP contribution < -0.4 is 15.4 Å². The smallest absolute Gasteiger partial charge is 0.406 e. The zero-order valence-electron chi connectivity index (χ0n) is 13.2. The van der Waals surface area contributed by atoms with Crippen molar-refractivity contribution in [2.45, 2.75) is 13.3 Å². The predicted molar refractivity (Wildman–Crippen MR) is 85.3 cm³/mol. The Bertz CT molecular complexity index is 776. The van der Waals surface area contributed by atoms with E-state index in [9.17, 15) is 22.8 Å². The van der Waals surface area contributed by atoms with Gasteiger partial charge in [-0.25, -0.2) is 0 Å². The van der Waals surface area contributed by atoms with Crippen molar-refractivity contribution in [2.75, 3.05) is 11.9 Å². The minimum atomic E-state index is -4.82. The highest BCUT2D eigenvalue weighted by Crippen LogP contribution is 2.24. The molecule has 2 aromatic carbocycles. The van der Waals surface area contributed by atoms with Gasteiger partial charge in [-0.05, 0) is 30.7 Å². The van der Waals surface area contributed by atoms with Gasteiger partial charge in [0.25, 0.3) is 5.91 Å². The second-order valence-corrected chi connectivity index (χ2v) is 5.12. The number of carbonyl (C=O) groups is 2. The fourth-order valence-electron chi connectivity index (χ4n) is 2.06. The molecular weight excluding hydrogens is 337 g/mol. The Morgan fingerprint density at radius 2 is 1.80 bits per heavy atom. The zero-order chi connectivity index (χ0) is 18.4. The van der Waals surface area contributed by atoms with Gasteiger partial charge < -0.3 is 15.4 Å². The molecule has 0 radical (unpaired) electrons. The van der Waals surface area contributed by atoms with Crippen LogP contribution in [-0.2, 0) is 4.79 Å². The summed E-state index contributed by atoms with van der Waals surface area (Å²) in [7, 11) is 0. The average molecular weight is 352 g/mol. The summed E-state index contributed by atoms with van der Waals surface area (Å²) < 4.78 is 40.3. The van der Waals surface area contributed by atoms with Crippen LogP contribution in [-0.4, -0.2) is 24.7 Å². The Hall–Kier alpha value is -3.03. The van der Waals surface area contributed by atoms with Crippen molar-refractivity contribution in [3.8, 4) is 5.75 Å². The molecule has 0 spiro atoms. The van der Waals surface area contributed by atoms with Crippen molar-refractivity contribution in [3.05, 3.63) is 59.7 Å². The molecule has 0 aliphatic carbocycles. The lowest BCUT2D eigenvalue weighted by Crippen LogP contribution is -2.33. The van der Waals surface area contributed by atoms with Crippen LogP contribution in [0.15, 0.2) is 48.5 Å². The normalized spacial score (nSPS) is 10.9. The average Bonchev–Trinajstić information content (AvgIpc) is 2.52. The van der Waals surface area contributed by atoms with E-state index in [-0.39, 0.29) is 12.2 Å². The molecule has 0 atom stereocenters. The van der Waals surface area contributed by atoms with Crippen LogP contribution in [0.1, 0.15) is 15.9 Å². The molecule has 0 heterocycles. The molecule has 2 N–H and O–H groups in total. The third-order valence-corrected chi connectivity index (χ3v) is 3.15. The second kappa shape index (κ2) is 7.69. The van der Waals surface area contributed by atoms with Gasteiger partial charge in [0, 0.05) is 17.3 Å². The number of rotatable bonds is 5. The van der Waals surface area contributed by atoms with Gasteiger partial charge in [0.1, 0.15) is 5.75 Å². The van der Waals surface area contributed by atoms with Gasteiger partial charge in [0.2, 0.25) is 5.91 Å². The number of amides is 2. The van der Waals surface area contributed by atoms with E-state index in [1.54, 1.807) is 31.2 Å². The number of carbonyl (C=O) groups excluding carboxylic acids is 2. The molecule has 0 aromatic heterocycles. The molecule has 0 saturated carbocycles. The van der Waals surface area contributed by atoms with Gasteiger partial charge in [-0.1, -0.05) is 24.3 Å². The van der Waals surface area contributed by atoms with Gasteiger partial charge in [0.15, 0.2) is 0 Å². The summed E-state index contributed by atoms with van der Waals surface area (Å²) in [5.41, 5.74) is 1.32. The topological polar surface area (TPSA) is 67.4 Å². The van der Waals surface area contributed by atoms with Crippen LogP contribution in [0.4, 0.5) is 18.9 Å². The zero-order valence-corrected chi connectivity index (χ0v) is 13.2. The van der Waals surface area contributed by atoms with E-state index < -0.39 is 23.9 Å². The van der Waals surface area contributed by atoms with Crippen LogP contribution in [0.2, 0.25) is 0 Å². The number of ether oxygens (including phenoxy) is 1. The Labute approximate surface area is 141 Å². The number of alkyl halides is 3. The molecule has 132 valence electrons. The molecule has 0 saturated heterocycles. The predicted octanol–water partition coefficient (Wildman–Crippen LogP) is 3.26. The summed E-state index contributed by atoms with van der Waals surface area (Å²) in [5, 5.41) is 4.84. The van der Waals surface area contributed by atoms with Gasteiger partial charge >= 0.3 is 6.36 Å². The molecule has 0 aliphatic rings. The van der Waals surface area contributed by atoms with E-state index in [1.807, 2.05) is 0 Å². The molecule has 0 fully saturated rings. The summed E-state index contributed by atoms with van der Waals surface area (Å²) in [5.74, 6) is -1.44. The highest BCUT2D eigenvalue weighted by atomic mass is 19.4. The molecule has 2 rings (SSSR count). The number of benzene rings is 2. The van der Waals surface area contributed by atoms with E-state index in [0.29, 0.717) is 5.56 Å². The Kier molecular flexibility index (Phi) is 5.63. The standard InChI is InChI=1S/C17H15F3N2O3/c1-11-5-2-3-8-14(11)16(24)21-10-15(23)22-12-6-4-7-13(9-12)25-17(18,19)20/h2-9H,10H2,1H3,(H,21,24)(H,22,23). The first-order valence-electron chi connectivity index (χ1n) is 7.24. The lowest BCUT2D eigenvalue weighted by atomic mass is 10.1. The van der Waals surface area contributed by atoms with E-state index in [0.717, 1.165) is 17.7 Å². The lowest BCUT2D eigenvalue weighted by molar-refractivity contribution is -0.274. The second-order valence-electron chi connectivity index (χ2n) is 5.12. The summed E-state index contributed by atoms with van der Waals surface area (Å²) in [4.78, 5) is 23.8. The molecule has 8 heteroatoms. The van der Waals surface area contributed by atoms with Crippen LogP contribution in [0.25, 0.3) is 0 Å². The number of hydrogen-bond acceptors (Lipinski definition) is 3. The van der Waals surface area contributed by atoms with E-state index in [1.165, 1.54) is 12.1 Å². The van der Waals surface area contributed by atoms with Crippen LogP contribution in [0.5, 0.6) is 5.75 Å². The van der Waals surface area contributed by atoms with Crippen LogP contribution in [0, 0.1) is 6.92 Å².